The highest BCUT2D eigenvalue weighted by atomic mass is 28.1. The van der Waals surface area contributed by atoms with Crippen LogP contribution in [0.1, 0.15) is 5.56 Å². The average molecular weight is 137 g/mol. The van der Waals surface area contributed by atoms with E-state index >= 15 is 0 Å². The lowest BCUT2D eigenvalue weighted by Crippen LogP contribution is -2.03. The molecule has 1 rings (SSSR count). The predicted octanol–water partition coefficient (Wildman–Crippen LogP) is -0.432. The quantitative estimate of drug-likeness (QED) is 0.381. The largest absolute Gasteiger partial charge is 0.399 e. The summed E-state index contributed by atoms with van der Waals surface area (Å²) in [5.41, 5.74) is 7.73. The van der Waals surface area contributed by atoms with Gasteiger partial charge in [-0.15, -0.1) is 0 Å². The average Bonchev–Trinajstić information content (AvgIpc) is 1.59. The Bertz CT molecular complexity index is 170. The minimum atomic E-state index is 0.889. The SMILES string of the molecule is Cc1cc(N)cc([SiH3])c1. The Kier molecular flexibility index (Phi) is 1.58. The summed E-state index contributed by atoms with van der Waals surface area (Å²) >= 11 is 0. The minimum Gasteiger partial charge on any atom is -0.399 e. The second-order valence-corrected chi connectivity index (χ2v) is 3.58. The molecule has 2 N–H and O–H groups in total. The molecule has 0 spiro atoms. The molecule has 0 unspecified atom stereocenters. The number of nitrogen functional groups attached to an aromatic ring is 1. The molecule has 0 aliphatic rings. The van der Waals surface area contributed by atoms with E-state index in [4.69, 9.17) is 5.73 Å². The maximum atomic E-state index is 5.58. The number of benzene rings is 1. The van der Waals surface area contributed by atoms with Gasteiger partial charge in [0.15, 0.2) is 0 Å². The molecular weight excluding hydrogens is 126 g/mol. The summed E-state index contributed by atoms with van der Waals surface area (Å²) in [4.78, 5) is 0. The summed E-state index contributed by atoms with van der Waals surface area (Å²) in [6, 6.07) is 6.18. The Balaban J connectivity index is 3.17. The van der Waals surface area contributed by atoms with Crippen molar-refractivity contribution in [3.8, 4) is 0 Å². The van der Waals surface area contributed by atoms with E-state index in [0.29, 0.717) is 0 Å². The van der Waals surface area contributed by atoms with Crippen molar-refractivity contribution < 1.29 is 0 Å². The smallest absolute Gasteiger partial charge is 0.0386 e. The third-order valence-electron chi connectivity index (χ3n) is 1.24. The van der Waals surface area contributed by atoms with Crippen molar-refractivity contribution in [1.82, 2.24) is 0 Å². The summed E-state index contributed by atoms with van der Waals surface area (Å²) in [6.07, 6.45) is 0. The fraction of sp³-hybridized carbons (Fsp3) is 0.143. The molecule has 1 nitrogen and oxygen atoms in total. The van der Waals surface area contributed by atoms with Gasteiger partial charge in [-0.2, -0.15) is 0 Å². The van der Waals surface area contributed by atoms with E-state index in [1.165, 1.54) is 10.8 Å². The van der Waals surface area contributed by atoms with Crippen LogP contribution in [0.2, 0.25) is 0 Å². The summed E-state index contributed by atoms with van der Waals surface area (Å²) in [5, 5.41) is 1.37. The number of hydrogen-bond acceptors (Lipinski definition) is 1. The lowest BCUT2D eigenvalue weighted by molar-refractivity contribution is 1.49. The van der Waals surface area contributed by atoms with Crippen molar-refractivity contribution in [2.45, 2.75) is 6.92 Å². The zero-order chi connectivity index (χ0) is 6.85. The Morgan fingerprint density at radius 2 is 2.00 bits per heavy atom. The van der Waals surface area contributed by atoms with Crippen LogP contribution in [0.3, 0.4) is 0 Å². The van der Waals surface area contributed by atoms with Crippen LogP contribution in [0.25, 0.3) is 0 Å². The molecule has 0 amide bonds. The molecule has 0 fully saturated rings. The number of hydrogen-bond donors (Lipinski definition) is 1. The Hall–Kier alpha value is -0.763. The van der Waals surface area contributed by atoms with Gasteiger partial charge in [-0.1, -0.05) is 11.3 Å². The molecule has 0 aliphatic carbocycles. The van der Waals surface area contributed by atoms with Gasteiger partial charge in [0, 0.05) is 15.9 Å². The van der Waals surface area contributed by atoms with Gasteiger partial charge in [0.2, 0.25) is 0 Å². The molecule has 9 heavy (non-hydrogen) atoms. The van der Waals surface area contributed by atoms with Crippen LogP contribution < -0.4 is 10.9 Å². The molecule has 0 heterocycles. The molecule has 0 atom stereocenters. The van der Waals surface area contributed by atoms with Crippen LogP contribution in [0, 0.1) is 6.92 Å². The first-order valence-electron chi connectivity index (χ1n) is 3.02. The first-order chi connectivity index (χ1) is 4.18. The number of anilines is 1. The van der Waals surface area contributed by atoms with E-state index in [2.05, 4.69) is 13.0 Å². The maximum Gasteiger partial charge on any atom is 0.0386 e. The maximum absolute atomic E-state index is 5.58. The van der Waals surface area contributed by atoms with Crippen LogP contribution in [0.15, 0.2) is 18.2 Å². The third kappa shape index (κ3) is 1.57. The molecule has 0 aromatic heterocycles. The first kappa shape index (κ1) is 6.36. The Morgan fingerprint density at radius 3 is 2.44 bits per heavy atom. The normalized spacial score (nSPS) is 9.89. The molecule has 0 bridgehead atoms. The first-order valence-corrected chi connectivity index (χ1v) is 4.02. The highest BCUT2D eigenvalue weighted by Gasteiger charge is 1.87. The fourth-order valence-corrected chi connectivity index (χ4v) is 1.80. The molecule has 1 aromatic rings. The summed E-state index contributed by atoms with van der Waals surface area (Å²) < 4.78 is 0. The van der Waals surface area contributed by atoms with Gasteiger partial charge in [-0.3, -0.25) is 0 Å². The zero-order valence-corrected chi connectivity index (χ0v) is 7.81. The van der Waals surface area contributed by atoms with Crippen molar-refractivity contribution in [3.63, 3.8) is 0 Å². The number of aryl methyl sites for hydroxylation is 1. The van der Waals surface area contributed by atoms with Crippen LogP contribution in [0.5, 0.6) is 0 Å². The summed E-state index contributed by atoms with van der Waals surface area (Å²) in [5.74, 6) is 0. The van der Waals surface area contributed by atoms with Crippen LogP contribution in [-0.2, 0) is 0 Å². The Morgan fingerprint density at radius 1 is 1.33 bits per heavy atom. The zero-order valence-electron chi connectivity index (χ0n) is 5.81. The van der Waals surface area contributed by atoms with Crippen molar-refractivity contribution in [3.05, 3.63) is 23.8 Å². The van der Waals surface area contributed by atoms with Gasteiger partial charge in [0.25, 0.3) is 0 Å². The highest BCUT2D eigenvalue weighted by molar-refractivity contribution is 6.32. The van der Waals surface area contributed by atoms with E-state index < -0.39 is 0 Å². The predicted molar refractivity (Wildman–Crippen MR) is 45.2 cm³/mol. The minimum absolute atomic E-state index is 0.889. The topological polar surface area (TPSA) is 26.0 Å². The van der Waals surface area contributed by atoms with Gasteiger partial charge in [0.05, 0.1) is 0 Å². The van der Waals surface area contributed by atoms with Gasteiger partial charge in [-0.25, -0.2) is 0 Å². The van der Waals surface area contributed by atoms with Crippen molar-refractivity contribution >= 4 is 21.1 Å². The van der Waals surface area contributed by atoms with Crippen molar-refractivity contribution in [1.29, 1.82) is 0 Å². The second-order valence-electron chi connectivity index (χ2n) is 2.42. The fourth-order valence-electron chi connectivity index (χ4n) is 1.01. The monoisotopic (exact) mass is 137 g/mol. The lowest BCUT2D eigenvalue weighted by Gasteiger charge is -1.97. The van der Waals surface area contributed by atoms with Gasteiger partial charge < -0.3 is 5.73 Å². The highest BCUT2D eigenvalue weighted by Crippen LogP contribution is 2.01. The van der Waals surface area contributed by atoms with Crippen LogP contribution in [0.4, 0.5) is 5.69 Å². The van der Waals surface area contributed by atoms with Crippen molar-refractivity contribution in [2.24, 2.45) is 0 Å². The van der Waals surface area contributed by atoms with E-state index in [1.54, 1.807) is 0 Å². The van der Waals surface area contributed by atoms with E-state index in [1.807, 2.05) is 12.1 Å². The van der Waals surface area contributed by atoms with E-state index in [-0.39, 0.29) is 0 Å². The molecule has 0 radical (unpaired) electrons. The number of nitrogens with two attached hydrogens (primary N) is 1. The summed E-state index contributed by atoms with van der Waals surface area (Å²) in [6.45, 7) is 2.07. The Labute approximate surface area is 58.3 Å². The summed E-state index contributed by atoms with van der Waals surface area (Å²) in [7, 11) is 1.09. The second kappa shape index (κ2) is 2.23. The molecule has 2 heteroatoms. The number of rotatable bonds is 0. The third-order valence-corrected chi connectivity index (χ3v) is 1.82. The van der Waals surface area contributed by atoms with Gasteiger partial charge >= 0.3 is 0 Å². The lowest BCUT2D eigenvalue weighted by atomic mass is 10.2. The molecule has 1 aromatic carbocycles. The molecule has 0 aliphatic heterocycles. The van der Waals surface area contributed by atoms with Gasteiger partial charge in [0.1, 0.15) is 0 Å². The molecule has 0 saturated heterocycles. The van der Waals surface area contributed by atoms with Crippen LogP contribution in [-0.4, -0.2) is 10.2 Å². The van der Waals surface area contributed by atoms with E-state index in [9.17, 15) is 0 Å². The van der Waals surface area contributed by atoms with Crippen LogP contribution >= 0.6 is 0 Å². The van der Waals surface area contributed by atoms with E-state index in [0.717, 1.165) is 15.9 Å². The van der Waals surface area contributed by atoms with Gasteiger partial charge in [-0.05, 0) is 24.6 Å². The molecule has 48 valence electrons. The van der Waals surface area contributed by atoms with Crippen molar-refractivity contribution in [2.75, 3.05) is 5.73 Å². The standard InChI is InChI=1S/C7H11NSi/c1-5-2-6(8)4-7(9)3-5/h2-4H,8H2,1,9H3. The molecular formula is C7H11NSi. The molecule has 0 saturated carbocycles.